The van der Waals surface area contributed by atoms with Crippen molar-refractivity contribution in [3.8, 4) is 0 Å². The van der Waals surface area contributed by atoms with E-state index in [0.717, 1.165) is 6.54 Å². The van der Waals surface area contributed by atoms with Gasteiger partial charge < -0.3 is 10.6 Å². The molecule has 0 aromatic rings. The molecule has 0 aromatic heterocycles. The Morgan fingerprint density at radius 1 is 1.20 bits per heavy atom. The number of nitrogens with one attached hydrogen (secondary N) is 2. The van der Waals surface area contributed by atoms with E-state index >= 15 is 0 Å². The van der Waals surface area contributed by atoms with E-state index < -0.39 is 18.9 Å². The van der Waals surface area contributed by atoms with E-state index in [1.54, 1.807) is 0 Å². The molecule has 1 aliphatic carbocycles. The van der Waals surface area contributed by atoms with Gasteiger partial charge in [-0.15, -0.1) is 0 Å². The average molecular weight is 228 g/mol. The minimum atomic E-state index is -3.91. The summed E-state index contributed by atoms with van der Waals surface area (Å²) >= 11 is 0. The van der Waals surface area contributed by atoms with Gasteiger partial charge >= 0.3 is 12.3 Å². The number of halogens is 4. The summed E-state index contributed by atoms with van der Waals surface area (Å²) in [4.78, 5) is 0. The van der Waals surface area contributed by atoms with Crippen LogP contribution in [0.1, 0.15) is 19.3 Å². The summed E-state index contributed by atoms with van der Waals surface area (Å²) in [6.45, 7) is 0.133. The summed E-state index contributed by atoms with van der Waals surface area (Å²) in [5.74, 6) is -3.91. The van der Waals surface area contributed by atoms with Crippen molar-refractivity contribution < 1.29 is 17.6 Å². The number of alkyl halides is 4. The molecule has 2 nitrogen and oxygen atoms in total. The van der Waals surface area contributed by atoms with Crippen LogP contribution in [0.25, 0.3) is 0 Å². The summed E-state index contributed by atoms with van der Waals surface area (Å²) in [6, 6.07) is 0.590. The van der Waals surface area contributed by atoms with Gasteiger partial charge in [-0.1, -0.05) is 0 Å². The molecule has 1 fully saturated rings. The molecule has 0 saturated heterocycles. The Kier molecular flexibility index (Phi) is 4.79. The number of hydrogen-bond acceptors (Lipinski definition) is 2. The lowest BCUT2D eigenvalue weighted by atomic mass is 10.3. The molecular weight excluding hydrogens is 212 g/mol. The molecule has 1 rings (SSSR count). The summed E-state index contributed by atoms with van der Waals surface area (Å²) in [5.41, 5.74) is 0. The molecule has 0 radical (unpaired) electrons. The lowest BCUT2D eigenvalue weighted by Gasteiger charge is -2.15. The van der Waals surface area contributed by atoms with Crippen molar-refractivity contribution >= 4 is 0 Å². The van der Waals surface area contributed by atoms with Crippen LogP contribution in [0.15, 0.2) is 0 Å². The first kappa shape index (κ1) is 12.7. The average Bonchev–Trinajstić information content (AvgIpc) is 2.94. The largest absolute Gasteiger partial charge is 0.319 e. The predicted molar refractivity (Wildman–Crippen MR) is 49.5 cm³/mol. The highest BCUT2D eigenvalue weighted by atomic mass is 19.3. The van der Waals surface area contributed by atoms with Crippen molar-refractivity contribution in [2.24, 2.45) is 0 Å². The highest BCUT2D eigenvalue weighted by Gasteiger charge is 2.39. The first-order chi connectivity index (χ1) is 7.02. The van der Waals surface area contributed by atoms with Crippen molar-refractivity contribution in [2.75, 3.05) is 19.6 Å². The first-order valence-corrected chi connectivity index (χ1v) is 5.12. The van der Waals surface area contributed by atoms with Crippen LogP contribution in [0.5, 0.6) is 0 Å². The van der Waals surface area contributed by atoms with E-state index in [0.29, 0.717) is 19.0 Å². The molecule has 0 spiro atoms. The Morgan fingerprint density at radius 3 is 2.40 bits per heavy atom. The molecule has 0 aliphatic heterocycles. The number of hydrogen-bond donors (Lipinski definition) is 2. The zero-order valence-corrected chi connectivity index (χ0v) is 8.41. The van der Waals surface area contributed by atoms with Crippen LogP contribution in [-0.4, -0.2) is 38.0 Å². The number of rotatable bonds is 8. The maximum absolute atomic E-state index is 12.4. The van der Waals surface area contributed by atoms with Crippen molar-refractivity contribution in [3.05, 3.63) is 0 Å². The van der Waals surface area contributed by atoms with E-state index in [1.165, 1.54) is 12.8 Å². The standard InChI is InChI=1S/C9H16F4N2/c10-8(11)9(12,13)6-14-4-1-5-15-7-2-3-7/h7-8,14-15H,1-6H2. The molecule has 0 atom stereocenters. The van der Waals surface area contributed by atoms with E-state index in [-0.39, 0.29) is 0 Å². The highest BCUT2D eigenvalue weighted by molar-refractivity contribution is 4.80. The van der Waals surface area contributed by atoms with Crippen molar-refractivity contribution in [1.82, 2.24) is 10.6 Å². The van der Waals surface area contributed by atoms with Gasteiger partial charge in [0, 0.05) is 6.04 Å². The SMILES string of the molecule is FC(F)C(F)(F)CNCCCNC1CC1. The van der Waals surface area contributed by atoms with Gasteiger partial charge in [0.25, 0.3) is 0 Å². The minimum Gasteiger partial charge on any atom is -0.314 e. The summed E-state index contributed by atoms with van der Waals surface area (Å²) < 4.78 is 48.1. The lowest BCUT2D eigenvalue weighted by Crippen LogP contribution is -2.39. The van der Waals surface area contributed by atoms with E-state index in [9.17, 15) is 17.6 Å². The second-order valence-electron chi connectivity index (χ2n) is 3.82. The van der Waals surface area contributed by atoms with Crippen LogP contribution in [-0.2, 0) is 0 Å². The Hall–Kier alpha value is -0.360. The van der Waals surface area contributed by atoms with Crippen LogP contribution in [0.2, 0.25) is 0 Å². The predicted octanol–water partition coefficient (Wildman–Crippen LogP) is 1.62. The first-order valence-electron chi connectivity index (χ1n) is 5.12. The van der Waals surface area contributed by atoms with Crippen molar-refractivity contribution in [2.45, 2.75) is 37.7 Å². The molecule has 0 unspecified atom stereocenters. The van der Waals surface area contributed by atoms with Crippen LogP contribution in [0, 0.1) is 0 Å². The maximum Gasteiger partial charge on any atom is 0.319 e. The fraction of sp³-hybridized carbons (Fsp3) is 1.00. The van der Waals surface area contributed by atoms with Gasteiger partial charge in [0.15, 0.2) is 0 Å². The van der Waals surface area contributed by atoms with Crippen molar-refractivity contribution in [1.29, 1.82) is 0 Å². The van der Waals surface area contributed by atoms with Gasteiger partial charge in [-0.25, -0.2) is 8.78 Å². The van der Waals surface area contributed by atoms with Gasteiger partial charge in [-0.2, -0.15) is 8.78 Å². The maximum atomic E-state index is 12.4. The Labute approximate surface area is 86.4 Å². The van der Waals surface area contributed by atoms with Crippen LogP contribution < -0.4 is 10.6 Å². The second kappa shape index (κ2) is 5.65. The van der Waals surface area contributed by atoms with Gasteiger partial charge in [0.2, 0.25) is 0 Å². The van der Waals surface area contributed by atoms with Gasteiger partial charge in [0.05, 0.1) is 6.54 Å². The van der Waals surface area contributed by atoms with E-state index in [4.69, 9.17) is 0 Å². The third kappa shape index (κ3) is 5.32. The van der Waals surface area contributed by atoms with Gasteiger partial charge in [-0.05, 0) is 32.4 Å². The van der Waals surface area contributed by atoms with E-state index in [2.05, 4.69) is 10.6 Å². The Balaban J connectivity index is 1.90. The highest BCUT2D eigenvalue weighted by Crippen LogP contribution is 2.21. The molecule has 0 amide bonds. The van der Waals surface area contributed by atoms with Crippen LogP contribution in [0.4, 0.5) is 17.6 Å². The van der Waals surface area contributed by atoms with Crippen LogP contribution >= 0.6 is 0 Å². The second-order valence-corrected chi connectivity index (χ2v) is 3.82. The Morgan fingerprint density at radius 2 is 1.87 bits per heavy atom. The third-order valence-electron chi connectivity index (χ3n) is 2.22. The fourth-order valence-electron chi connectivity index (χ4n) is 1.14. The molecule has 15 heavy (non-hydrogen) atoms. The molecule has 0 heterocycles. The minimum absolute atomic E-state index is 0.335. The lowest BCUT2D eigenvalue weighted by molar-refractivity contribution is -0.125. The topological polar surface area (TPSA) is 24.1 Å². The summed E-state index contributed by atoms with van der Waals surface area (Å²) in [5, 5.41) is 5.53. The summed E-state index contributed by atoms with van der Waals surface area (Å²) in [6.07, 6.45) is -0.557. The molecule has 0 bridgehead atoms. The summed E-state index contributed by atoms with van der Waals surface area (Å²) in [7, 11) is 0. The smallest absolute Gasteiger partial charge is 0.314 e. The van der Waals surface area contributed by atoms with Gasteiger partial charge in [-0.3, -0.25) is 0 Å². The zero-order valence-electron chi connectivity index (χ0n) is 8.41. The monoisotopic (exact) mass is 228 g/mol. The molecule has 90 valence electrons. The molecule has 2 N–H and O–H groups in total. The molecular formula is C9H16F4N2. The van der Waals surface area contributed by atoms with Gasteiger partial charge in [0.1, 0.15) is 0 Å². The molecule has 0 aromatic carbocycles. The Bertz CT molecular complexity index is 183. The fourth-order valence-corrected chi connectivity index (χ4v) is 1.14. The third-order valence-corrected chi connectivity index (χ3v) is 2.22. The van der Waals surface area contributed by atoms with E-state index in [1.807, 2.05) is 0 Å². The van der Waals surface area contributed by atoms with Crippen molar-refractivity contribution in [3.63, 3.8) is 0 Å². The molecule has 6 heteroatoms. The normalized spacial score (nSPS) is 17.4. The molecule has 1 aliphatic rings. The quantitative estimate of drug-likeness (QED) is 0.487. The molecule has 1 saturated carbocycles. The van der Waals surface area contributed by atoms with Crippen LogP contribution in [0.3, 0.4) is 0 Å². The zero-order chi connectivity index (χ0) is 11.3.